The van der Waals surface area contributed by atoms with Gasteiger partial charge in [-0.05, 0) is 79.9 Å². The van der Waals surface area contributed by atoms with E-state index >= 15 is 0 Å². The predicted octanol–water partition coefficient (Wildman–Crippen LogP) is 5.83. The number of aryl methyl sites for hydroxylation is 1. The van der Waals surface area contributed by atoms with Crippen LogP contribution in [-0.2, 0) is 10.0 Å². The second-order valence-corrected chi connectivity index (χ2v) is 11.2. The van der Waals surface area contributed by atoms with Gasteiger partial charge in [-0.15, -0.1) is 0 Å². The van der Waals surface area contributed by atoms with Crippen LogP contribution in [0.5, 0.6) is 0 Å². The highest BCUT2D eigenvalue weighted by atomic mass is 35.5. The fourth-order valence-corrected chi connectivity index (χ4v) is 6.35. The van der Waals surface area contributed by atoms with Crippen molar-refractivity contribution < 1.29 is 13.2 Å². The molecule has 4 aromatic rings. The number of sulfonamides is 1. The van der Waals surface area contributed by atoms with Crippen LogP contribution in [0.1, 0.15) is 35.2 Å². The van der Waals surface area contributed by atoms with Crippen molar-refractivity contribution in [3.8, 4) is 11.3 Å². The number of hydrogen-bond acceptors (Lipinski definition) is 5. The zero-order valence-electron chi connectivity index (χ0n) is 19.7. The number of anilines is 2. The van der Waals surface area contributed by atoms with Gasteiger partial charge in [0.15, 0.2) is 0 Å². The topological polar surface area (TPSA) is 92.3 Å². The van der Waals surface area contributed by atoms with Crippen molar-refractivity contribution in [2.45, 2.75) is 26.2 Å². The molecule has 0 spiro atoms. The molecule has 2 aromatic heterocycles. The molecule has 1 aliphatic rings. The first kappa shape index (κ1) is 24.2. The van der Waals surface area contributed by atoms with Gasteiger partial charge in [-0.25, -0.2) is 8.42 Å². The Balaban J connectivity index is 1.42. The van der Waals surface area contributed by atoms with Gasteiger partial charge in [0.1, 0.15) is 0 Å². The van der Waals surface area contributed by atoms with Crippen LogP contribution in [0.3, 0.4) is 0 Å². The second kappa shape index (κ2) is 9.87. The number of rotatable bonds is 4. The number of amides is 1. The van der Waals surface area contributed by atoms with E-state index in [2.05, 4.69) is 15.3 Å². The second-order valence-electron chi connectivity index (χ2n) is 8.83. The SMILES string of the molecule is Cc1cc(N2CCCCCS2(=O)=O)ccc1C(=O)Nc1ccc(Cl)c(-c2nccc3ncccc23)c1. The van der Waals surface area contributed by atoms with Crippen LogP contribution < -0.4 is 9.62 Å². The molecule has 1 saturated heterocycles. The van der Waals surface area contributed by atoms with Gasteiger partial charge in [0.2, 0.25) is 10.0 Å². The molecule has 36 heavy (non-hydrogen) atoms. The van der Waals surface area contributed by atoms with Crippen molar-refractivity contribution in [1.82, 2.24) is 9.97 Å². The summed E-state index contributed by atoms with van der Waals surface area (Å²) in [5.41, 5.74) is 4.49. The van der Waals surface area contributed by atoms with Crippen molar-refractivity contribution in [2.75, 3.05) is 21.9 Å². The number of nitrogens with one attached hydrogen (secondary N) is 1. The Bertz CT molecular complexity index is 1570. The number of nitrogens with zero attached hydrogens (tertiary/aromatic N) is 3. The summed E-state index contributed by atoms with van der Waals surface area (Å²) in [6, 6.07) is 16.0. The van der Waals surface area contributed by atoms with Gasteiger partial charge < -0.3 is 5.32 Å². The van der Waals surface area contributed by atoms with E-state index in [9.17, 15) is 13.2 Å². The van der Waals surface area contributed by atoms with Crippen molar-refractivity contribution >= 4 is 49.8 Å². The quantitative estimate of drug-likeness (QED) is 0.365. The highest BCUT2D eigenvalue weighted by Crippen LogP contribution is 2.33. The molecule has 1 fully saturated rings. The molecule has 3 heterocycles. The molecule has 0 radical (unpaired) electrons. The van der Waals surface area contributed by atoms with E-state index in [-0.39, 0.29) is 11.7 Å². The number of hydrogen-bond donors (Lipinski definition) is 1. The summed E-state index contributed by atoms with van der Waals surface area (Å²) in [7, 11) is -3.35. The summed E-state index contributed by atoms with van der Waals surface area (Å²) in [6.45, 7) is 2.27. The third kappa shape index (κ3) is 4.79. The Morgan fingerprint density at radius 3 is 2.69 bits per heavy atom. The van der Waals surface area contributed by atoms with Crippen LogP contribution in [0.25, 0.3) is 22.2 Å². The maximum atomic E-state index is 13.1. The van der Waals surface area contributed by atoms with Crippen LogP contribution >= 0.6 is 11.6 Å². The van der Waals surface area contributed by atoms with E-state index in [1.165, 1.54) is 4.31 Å². The zero-order valence-corrected chi connectivity index (χ0v) is 21.3. The van der Waals surface area contributed by atoms with E-state index in [1.807, 2.05) is 25.1 Å². The highest BCUT2D eigenvalue weighted by molar-refractivity contribution is 7.92. The Kier molecular flexibility index (Phi) is 6.64. The predicted molar refractivity (Wildman–Crippen MR) is 144 cm³/mol. The minimum Gasteiger partial charge on any atom is -0.322 e. The molecule has 0 bridgehead atoms. The third-order valence-electron chi connectivity index (χ3n) is 6.35. The van der Waals surface area contributed by atoms with Crippen LogP contribution in [-0.4, -0.2) is 36.6 Å². The van der Waals surface area contributed by atoms with Gasteiger partial charge in [-0.1, -0.05) is 18.0 Å². The fourth-order valence-electron chi connectivity index (χ4n) is 4.51. The normalized spacial score (nSPS) is 15.4. The highest BCUT2D eigenvalue weighted by Gasteiger charge is 2.25. The molecule has 1 N–H and O–H groups in total. The Labute approximate surface area is 215 Å². The third-order valence-corrected chi connectivity index (χ3v) is 8.55. The van der Waals surface area contributed by atoms with Crippen LogP contribution in [0.4, 0.5) is 11.4 Å². The summed E-state index contributed by atoms with van der Waals surface area (Å²) in [5, 5.41) is 4.31. The monoisotopic (exact) mass is 520 g/mol. The standard InChI is InChI=1S/C27H25ClN4O3S/c1-18-16-20(32-14-3-2-4-15-36(32,34)35)8-9-21(18)27(33)31-19-7-10-24(28)23(17-19)26-22-6-5-12-29-25(22)11-13-30-26/h5-13,16-17H,2-4,14-15H2,1H3,(H,31,33). The number of fused-ring (bicyclic) bond motifs is 1. The number of halogens is 1. The van der Waals surface area contributed by atoms with E-state index in [1.54, 1.807) is 48.8 Å². The minimum atomic E-state index is -3.35. The molecular weight excluding hydrogens is 496 g/mol. The Hall–Kier alpha value is -3.49. The number of carbonyl (C=O) groups excluding carboxylic acids is 1. The summed E-state index contributed by atoms with van der Waals surface area (Å²) >= 11 is 6.51. The summed E-state index contributed by atoms with van der Waals surface area (Å²) < 4.78 is 26.8. The molecule has 0 saturated carbocycles. The maximum Gasteiger partial charge on any atom is 0.255 e. The largest absolute Gasteiger partial charge is 0.322 e. The average molecular weight is 521 g/mol. The minimum absolute atomic E-state index is 0.148. The molecule has 0 atom stereocenters. The summed E-state index contributed by atoms with van der Waals surface area (Å²) in [5.74, 6) is -0.145. The summed E-state index contributed by atoms with van der Waals surface area (Å²) in [6.07, 6.45) is 5.79. The zero-order chi connectivity index (χ0) is 25.3. The van der Waals surface area contributed by atoms with Gasteiger partial charge in [0.05, 0.1) is 27.7 Å². The molecule has 1 aliphatic heterocycles. The van der Waals surface area contributed by atoms with Gasteiger partial charge >= 0.3 is 0 Å². The van der Waals surface area contributed by atoms with Crippen molar-refractivity contribution in [1.29, 1.82) is 0 Å². The van der Waals surface area contributed by atoms with Crippen molar-refractivity contribution in [3.63, 3.8) is 0 Å². The first-order valence-corrected chi connectivity index (χ1v) is 13.7. The lowest BCUT2D eigenvalue weighted by molar-refractivity contribution is 0.102. The van der Waals surface area contributed by atoms with Gasteiger partial charge in [0.25, 0.3) is 5.91 Å². The van der Waals surface area contributed by atoms with Gasteiger partial charge in [-0.3, -0.25) is 19.1 Å². The smallest absolute Gasteiger partial charge is 0.255 e. The lowest BCUT2D eigenvalue weighted by Gasteiger charge is -2.23. The van der Waals surface area contributed by atoms with E-state index in [0.717, 1.165) is 23.7 Å². The summed E-state index contributed by atoms with van der Waals surface area (Å²) in [4.78, 5) is 22.0. The molecule has 2 aromatic carbocycles. The first-order chi connectivity index (χ1) is 17.3. The molecule has 5 rings (SSSR count). The lowest BCUT2D eigenvalue weighted by atomic mass is 10.0. The van der Waals surface area contributed by atoms with E-state index in [0.29, 0.717) is 51.7 Å². The lowest BCUT2D eigenvalue weighted by Crippen LogP contribution is -2.32. The fraction of sp³-hybridized carbons (Fsp3) is 0.222. The Morgan fingerprint density at radius 1 is 1.00 bits per heavy atom. The van der Waals surface area contributed by atoms with Gasteiger partial charge in [0, 0.05) is 41.1 Å². The molecule has 1 amide bonds. The Morgan fingerprint density at radius 2 is 1.86 bits per heavy atom. The molecule has 7 nitrogen and oxygen atoms in total. The molecule has 184 valence electrons. The van der Waals surface area contributed by atoms with E-state index < -0.39 is 10.0 Å². The van der Waals surface area contributed by atoms with Crippen molar-refractivity contribution in [2.24, 2.45) is 0 Å². The van der Waals surface area contributed by atoms with Crippen LogP contribution in [0.2, 0.25) is 5.02 Å². The van der Waals surface area contributed by atoms with Crippen LogP contribution in [0.15, 0.2) is 67.0 Å². The van der Waals surface area contributed by atoms with Crippen molar-refractivity contribution in [3.05, 3.63) is 83.1 Å². The first-order valence-electron chi connectivity index (χ1n) is 11.8. The average Bonchev–Trinajstić information content (AvgIpc) is 3.04. The van der Waals surface area contributed by atoms with E-state index in [4.69, 9.17) is 11.6 Å². The molecular formula is C27H25ClN4O3S. The van der Waals surface area contributed by atoms with Crippen LogP contribution in [0, 0.1) is 6.92 Å². The number of carbonyl (C=O) groups is 1. The van der Waals surface area contributed by atoms with Gasteiger partial charge in [-0.2, -0.15) is 0 Å². The maximum absolute atomic E-state index is 13.1. The number of pyridine rings is 2. The molecule has 9 heteroatoms. The molecule has 0 aliphatic carbocycles. The molecule has 0 unspecified atom stereocenters. The number of aromatic nitrogens is 2. The number of benzene rings is 2.